The zero-order valence-electron chi connectivity index (χ0n) is 20.2. The van der Waals surface area contributed by atoms with Gasteiger partial charge in [0.15, 0.2) is 0 Å². The monoisotopic (exact) mass is 517 g/mol. The van der Waals surface area contributed by atoms with Gasteiger partial charge in [-0.25, -0.2) is 4.79 Å². The summed E-state index contributed by atoms with van der Waals surface area (Å²) in [6.07, 6.45) is 6.77. The molecule has 1 aliphatic heterocycles. The summed E-state index contributed by atoms with van der Waals surface area (Å²) in [5.74, 6) is 0.808. The van der Waals surface area contributed by atoms with E-state index in [1.54, 1.807) is 12.1 Å². The zero-order chi connectivity index (χ0) is 24.6. The number of rotatable bonds is 4. The molecule has 1 atom stereocenters. The molecule has 0 fully saturated rings. The second-order valence-corrected chi connectivity index (χ2v) is 10.8. The minimum absolute atomic E-state index is 0.138. The lowest BCUT2D eigenvalue weighted by Crippen LogP contribution is -2.38. The predicted octanol–water partition coefficient (Wildman–Crippen LogP) is 7.61. The third-order valence-corrected chi connectivity index (χ3v) is 8.61. The quantitative estimate of drug-likeness (QED) is 0.303. The van der Waals surface area contributed by atoms with Crippen molar-refractivity contribution in [1.82, 2.24) is 9.47 Å². The number of hydrogen-bond acceptors (Lipinski definition) is 3. The Hall–Kier alpha value is -3.22. The van der Waals surface area contributed by atoms with Gasteiger partial charge >= 0.3 is 6.03 Å². The molecular weight excluding hydrogens is 490 g/mol. The van der Waals surface area contributed by atoms with Crippen LogP contribution in [0.1, 0.15) is 53.1 Å². The van der Waals surface area contributed by atoms with E-state index in [0.29, 0.717) is 18.2 Å². The fourth-order valence-electron chi connectivity index (χ4n) is 5.41. The largest absolute Gasteiger partial charge is 0.494 e. The topological polar surface area (TPSA) is 46.5 Å². The van der Waals surface area contributed by atoms with E-state index in [1.807, 2.05) is 47.4 Å². The highest BCUT2D eigenvalue weighted by Gasteiger charge is 2.36. The molecule has 2 aromatic heterocycles. The molecule has 2 amide bonds. The molecule has 0 saturated heterocycles. The second kappa shape index (κ2) is 9.68. The minimum Gasteiger partial charge on any atom is -0.494 e. The normalized spacial score (nSPS) is 16.5. The molecule has 5 nitrogen and oxygen atoms in total. The molecule has 36 heavy (non-hydrogen) atoms. The molecule has 7 heteroatoms. The van der Waals surface area contributed by atoms with Crippen molar-refractivity contribution >= 4 is 34.7 Å². The summed E-state index contributed by atoms with van der Waals surface area (Å²) in [6.45, 7) is 3.12. The summed E-state index contributed by atoms with van der Waals surface area (Å²) in [4.78, 5) is 17.4. The first-order valence-electron chi connectivity index (χ1n) is 12.5. The van der Waals surface area contributed by atoms with Crippen molar-refractivity contribution < 1.29 is 9.53 Å². The van der Waals surface area contributed by atoms with E-state index in [-0.39, 0.29) is 12.1 Å². The summed E-state index contributed by atoms with van der Waals surface area (Å²) in [5, 5.41) is 5.01. The maximum atomic E-state index is 14.0. The molecule has 6 rings (SSSR count). The van der Waals surface area contributed by atoms with Crippen LogP contribution in [0, 0.1) is 0 Å². The molecule has 2 aliphatic rings. The van der Waals surface area contributed by atoms with E-state index in [4.69, 9.17) is 16.3 Å². The number of nitrogens with zero attached hydrogens (tertiary/aromatic N) is 2. The summed E-state index contributed by atoms with van der Waals surface area (Å²) < 4.78 is 8.12. The Morgan fingerprint density at radius 1 is 1.08 bits per heavy atom. The molecule has 1 N–H and O–H groups in total. The Labute approximate surface area is 220 Å². The van der Waals surface area contributed by atoms with Crippen LogP contribution in [-0.4, -0.2) is 22.1 Å². The van der Waals surface area contributed by atoms with Crippen LogP contribution in [0.2, 0.25) is 5.02 Å². The highest BCUT2D eigenvalue weighted by molar-refractivity contribution is 7.15. The van der Waals surface area contributed by atoms with E-state index >= 15 is 0 Å². The fraction of sp³-hybridized carbons (Fsp3) is 0.276. The van der Waals surface area contributed by atoms with Crippen LogP contribution >= 0.6 is 22.9 Å². The number of aromatic nitrogens is 1. The van der Waals surface area contributed by atoms with Crippen LogP contribution in [0.3, 0.4) is 0 Å². The van der Waals surface area contributed by atoms with Crippen LogP contribution < -0.4 is 10.1 Å². The van der Waals surface area contributed by atoms with Gasteiger partial charge in [0.25, 0.3) is 0 Å². The van der Waals surface area contributed by atoms with Gasteiger partial charge in [-0.2, -0.15) is 0 Å². The number of fused-ring (bicyclic) bond motifs is 5. The average Bonchev–Trinajstić information content (AvgIpc) is 3.47. The molecule has 0 radical (unpaired) electrons. The SMILES string of the molecule is CCOc1cccc(C2c3cccn3-c3sc4c(c3CN2C(=O)Nc2ccc(Cl)cc2)CCCC4)c1. The number of amides is 2. The lowest BCUT2D eigenvalue weighted by atomic mass is 9.95. The number of nitrogens with one attached hydrogen (secondary N) is 1. The van der Waals surface area contributed by atoms with E-state index in [9.17, 15) is 4.79 Å². The van der Waals surface area contributed by atoms with Crippen molar-refractivity contribution in [3.63, 3.8) is 0 Å². The van der Waals surface area contributed by atoms with Crippen LogP contribution in [0.4, 0.5) is 10.5 Å². The number of anilines is 1. The predicted molar refractivity (Wildman–Crippen MR) is 146 cm³/mol. The molecule has 4 aromatic rings. The van der Waals surface area contributed by atoms with Crippen LogP contribution in [-0.2, 0) is 19.4 Å². The van der Waals surface area contributed by atoms with Gasteiger partial charge in [-0.3, -0.25) is 0 Å². The lowest BCUT2D eigenvalue weighted by molar-refractivity contribution is 0.194. The number of thiophene rings is 1. The molecule has 0 saturated carbocycles. The smallest absolute Gasteiger partial charge is 0.322 e. The molecule has 1 unspecified atom stereocenters. The Balaban J connectivity index is 1.48. The van der Waals surface area contributed by atoms with Crippen LogP contribution in [0.5, 0.6) is 5.75 Å². The number of aryl methyl sites for hydroxylation is 1. The van der Waals surface area contributed by atoms with E-state index in [0.717, 1.165) is 35.5 Å². The third-order valence-electron chi connectivity index (χ3n) is 7.02. The Morgan fingerprint density at radius 2 is 1.92 bits per heavy atom. The van der Waals surface area contributed by atoms with Crippen molar-refractivity contribution in [3.05, 3.63) is 99.1 Å². The highest BCUT2D eigenvalue weighted by atomic mass is 35.5. The molecule has 2 aromatic carbocycles. The number of carbonyl (C=O) groups excluding carboxylic acids is 1. The Bertz CT molecular complexity index is 1410. The van der Waals surface area contributed by atoms with Gasteiger partial charge in [0.05, 0.1) is 24.9 Å². The second-order valence-electron chi connectivity index (χ2n) is 9.27. The summed E-state index contributed by atoms with van der Waals surface area (Å²) in [5.41, 5.74) is 5.54. The number of ether oxygens (including phenoxy) is 1. The van der Waals surface area contributed by atoms with E-state index < -0.39 is 0 Å². The number of carbonyl (C=O) groups is 1. The zero-order valence-corrected chi connectivity index (χ0v) is 21.7. The molecule has 0 spiro atoms. The van der Waals surface area contributed by atoms with Gasteiger partial charge in [-0.15, -0.1) is 11.3 Å². The van der Waals surface area contributed by atoms with Crippen molar-refractivity contribution in [2.24, 2.45) is 0 Å². The minimum atomic E-state index is -0.272. The van der Waals surface area contributed by atoms with E-state index in [2.05, 4.69) is 40.3 Å². The first-order chi connectivity index (χ1) is 17.6. The van der Waals surface area contributed by atoms with Crippen molar-refractivity contribution in [2.45, 2.75) is 45.2 Å². The van der Waals surface area contributed by atoms with Gasteiger partial charge in [0.2, 0.25) is 0 Å². The molecule has 184 valence electrons. The number of urea groups is 1. The molecule has 0 bridgehead atoms. The molecule has 1 aliphatic carbocycles. The molecular formula is C29H28ClN3O2S. The Morgan fingerprint density at radius 3 is 2.75 bits per heavy atom. The maximum absolute atomic E-state index is 14.0. The average molecular weight is 518 g/mol. The number of hydrogen-bond donors (Lipinski definition) is 1. The summed E-state index contributed by atoms with van der Waals surface area (Å²) in [6, 6.07) is 19.2. The number of benzene rings is 2. The molecule has 3 heterocycles. The van der Waals surface area contributed by atoms with Gasteiger partial charge in [-0.1, -0.05) is 23.7 Å². The van der Waals surface area contributed by atoms with E-state index in [1.165, 1.54) is 33.8 Å². The van der Waals surface area contributed by atoms with Gasteiger partial charge in [0.1, 0.15) is 10.8 Å². The fourth-order valence-corrected chi connectivity index (χ4v) is 6.94. The lowest BCUT2D eigenvalue weighted by Gasteiger charge is -2.31. The van der Waals surface area contributed by atoms with Gasteiger partial charge in [0, 0.05) is 27.3 Å². The number of halogens is 1. The van der Waals surface area contributed by atoms with Crippen molar-refractivity contribution in [1.29, 1.82) is 0 Å². The van der Waals surface area contributed by atoms with Crippen LogP contribution in [0.15, 0.2) is 66.9 Å². The van der Waals surface area contributed by atoms with Crippen molar-refractivity contribution in [3.8, 4) is 10.8 Å². The summed E-state index contributed by atoms with van der Waals surface area (Å²) in [7, 11) is 0. The third kappa shape index (κ3) is 4.18. The highest BCUT2D eigenvalue weighted by Crippen LogP contribution is 2.44. The first-order valence-corrected chi connectivity index (χ1v) is 13.7. The maximum Gasteiger partial charge on any atom is 0.322 e. The van der Waals surface area contributed by atoms with Gasteiger partial charge < -0.3 is 19.5 Å². The Kier molecular flexibility index (Phi) is 6.23. The van der Waals surface area contributed by atoms with Gasteiger partial charge in [-0.05, 0) is 92.3 Å². The van der Waals surface area contributed by atoms with Crippen molar-refractivity contribution in [2.75, 3.05) is 11.9 Å². The standard InChI is InChI=1S/C29H28ClN3O2S/c1-2-35-22-8-5-7-19(17-22)27-25-10-6-16-32(25)28-24(23-9-3-4-11-26(23)36-28)18-33(27)29(34)31-21-14-12-20(30)13-15-21/h5-8,10,12-17,27H,2-4,9,11,18H2,1H3,(H,31,34). The van der Waals surface area contributed by atoms with Crippen LogP contribution in [0.25, 0.3) is 5.00 Å². The first kappa shape index (κ1) is 23.2. The summed E-state index contributed by atoms with van der Waals surface area (Å²) >= 11 is 7.97.